The number of nitrogens with zero attached hydrogens (tertiary/aromatic N) is 1. The lowest BCUT2D eigenvalue weighted by molar-refractivity contribution is 0.439. The highest BCUT2D eigenvalue weighted by atomic mass is 35.5. The molecular weight excluding hydrogens is 238 g/mol. The Bertz CT molecular complexity index is 262. The van der Waals surface area contributed by atoms with E-state index in [0.717, 1.165) is 6.42 Å². The van der Waals surface area contributed by atoms with Crippen molar-refractivity contribution in [3.05, 3.63) is 0 Å². The fourth-order valence-corrected chi connectivity index (χ4v) is 2.02. The van der Waals surface area contributed by atoms with Gasteiger partial charge in [0.2, 0.25) is 0 Å². The van der Waals surface area contributed by atoms with E-state index in [2.05, 4.69) is 4.72 Å². The van der Waals surface area contributed by atoms with E-state index >= 15 is 0 Å². The maximum Gasteiger partial charge on any atom is 0.279 e. The Hall–Kier alpha value is 0.120. The fourth-order valence-electron chi connectivity index (χ4n) is 0.822. The monoisotopic (exact) mass is 259 g/mol. The average molecular weight is 260 g/mol. The molecule has 0 aliphatic heterocycles. The van der Waals surface area contributed by atoms with Crippen molar-refractivity contribution < 1.29 is 8.42 Å². The SMILES string of the molecule is CCCN(C)S(=O)(=O)NCC(C)(C)N.Cl. The second kappa shape index (κ2) is 6.65. The average Bonchev–Trinajstić information content (AvgIpc) is 2.00. The van der Waals surface area contributed by atoms with Crippen LogP contribution in [0.15, 0.2) is 0 Å². The van der Waals surface area contributed by atoms with E-state index < -0.39 is 15.7 Å². The van der Waals surface area contributed by atoms with E-state index in [1.165, 1.54) is 4.31 Å². The Morgan fingerprint density at radius 3 is 2.20 bits per heavy atom. The molecule has 7 heteroatoms. The van der Waals surface area contributed by atoms with E-state index in [4.69, 9.17) is 5.73 Å². The van der Waals surface area contributed by atoms with Gasteiger partial charge in [0, 0.05) is 25.7 Å². The van der Waals surface area contributed by atoms with Gasteiger partial charge >= 0.3 is 0 Å². The van der Waals surface area contributed by atoms with E-state index in [1.807, 2.05) is 6.92 Å². The molecule has 0 saturated carbocycles. The molecule has 0 radical (unpaired) electrons. The van der Waals surface area contributed by atoms with Crippen LogP contribution in [0, 0.1) is 0 Å². The first-order valence-electron chi connectivity index (χ1n) is 4.69. The molecule has 0 spiro atoms. The van der Waals surface area contributed by atoms with E-state index in [1.54, 1.807) is 20.9 Å². The molecule has 0 fully saturated rings. The molecule has 0 aromatic rings. The van der Waals surface area contributed by atoms with Gasteiger partial charge in [-0.1, -0.05) is 6.92 Å². The Morgan fingerprint density at radius 1 is 1.40 bits per heavy atom. The molecule has 0 unspecified atom stereocenters. The van der Waals surface area contributed by atoms with Crippen LogP contribution in [0.3, 0.4) is 0 Å². The van der Waals surface area contributed by atoms with Gasteiger partial charge in [-0.05, 0) is 20.3 Å². The summed E-state index contributed by atoms with van der Waals surface area (Å²) in [5.74, 6) is 0. The quantitative estimate of drug-likeness (QED) is 0.722. The van der Waals surface area contributed by atoms with Gasteiger partial charge in [-0.15, -0.1) is 12.4 Å². The molecule has 0 saturated heterocycles. The third-order valence-corrected chi connectivity index (χ3v) is 3.17. The van der Waals surface area contributed by atoms with Crippen LogP contribution in [0.2, 0.25) is 0 Å². The summed E-state index contributed by atoms with van der Waals surface area (Å²) < 4.78 is 26.8. The highest BCUT2D eigenvalue weighted by Crippen LogP contribution is 1.99. The highest BCUT2D eigenvalue weighted by Gasteiger charge is 2.19. The molecule has 5 nitrogen and oxygen atoms in total. The lowest BCUT2D eigenvalue weighted by atomic mass is 10.1. The lowest BCUT2D eigenvalue weighted by Crippen LogP contribution is -2.48. The van der Waals surface area contributed by atoms with E-state index in [0.29, 0.717) is 6.54 Å². The van der Waals surface area contributed by atoms with Crippen molar-refractivity contribution in [1.29, 1.82) is 0 Å². The van der Waals surface area contributed by atoms with E-state index in [9.17, 15) is 8.42 Å². The number of hydrogen-bond donors (Lipinski definition) is 2. The number of nitrogens with two attached hydrogens (primary N) is 1. The van der Waals surface area contributed by atoms with Gasteiger partial charge in [-0.3, -0.25) is 0 Å². The third kappa shape index (κ3) is 7.98. The standard InChI is InChI=1S/C8H21N3O2S.ClH/c1-5-6-11(4)14(12,13)10-7-8(2,3)9;/h10H,5-7,9H2,1-4H3;1H. The van der Waals surface area contributed by atoms with Crippen molar-refractivity contribution >= 4 is 22.6 Å². The van der Waals surface area contributed by atoms with Crippen LogP contribution in [0.25, 0.3) is 0 Å². The molecule has 15 heavy (non-hydrogen) atoms. The summed E-state index contributed by atoms with van der Waals surface area (Å²) in [6.07, 6.45) is 0.795. The van der Waals surface area contributed by atoms with Crippen molar-refractivity contribution in [2.24, 2.45) is 5.73 Å². The van der Waals surface area contributed by atoms with Gasteiger partial charge in [0.25, 0.3) is 10.2 Å². The summed E-state index contributed by atoms with van der Waals surface area (Å²) in [5, 5.41) is 0. The number of halogens is 1. The zero-order chi connectivity index (χ0) is 11.4. The van der Waals surface area contributed by atoms with Crippen LogP contribution in [0.1, 0.15) is 27.2 Å². The van der Waals surface area contributed by atoms with Crippen molar-refractivity contribution in [2.45, 2.75) is 32.7 Å². The third-order valence-electron chi connectivity index (χ3n) is 1.66. The van der Waals surface area contributed by atoms with Gasteiger partial charge in [0.1, 0.15) is 0 Å². The zero-order valence-corrected chi connectivity index (χ0v) is 11.4. The minimum absolute atomic E-state index is 0. The van der Waals surface area contributed by atoms with Gasteiger partial charge in [0.05, 0.1) is 0 Å². The predicted molar refractivity (Wildman–Crippen MR) is 65.4 cm³/mol. The molecule has 94 valence electrons. The van der Waals surface area contributed by atoms with Crippen LogP contribution >= 0.6 is 12.4 Å². The molecule has 0 aromatic carbocycles. The van der Waals surface area contributed by atoms with Crippen LogP contribution in [-0.2, 0) is 10.2 Å². The fraction of sp³-hybridized carbons (Fsp3) is 1.00. The number of hydrogen-bond acceptors (Lipinski definition) is 3. The summed E-state index contributed by atoms with van der Waals surface area (Å²) in [5.41, 5.74) is 5.14. The van der Waals surface area contributed by atoms with Gasteiger partial charge in [-0.2, -0.15) is 12.7 Å². The van der Waals surface area contributed by atoms with Crippen molar-refractivity contribution in [1.82, 2.24) is 9.03 Å². The molecule has 0 aliphatic carbocycles. The largest absolute Gasteiger partial charge is 0.324 e. The van der Waals surface area contributed by atoms with Crippen LogP contribution in [0.5, 0.6) is 0 Å². The summed E-state index contributed by atoms with van der Waals surface area (Å²) in [7, 11) is -1.80. The maximum atomic E-state index is 11.5. The smallest absolute Gasteiger partial charge is 0.279 e. The predicted octanol–water partition coefficient (Wildman–Crippen LogP) is 0.322. The molecule has 3 N–H and O–H groups in total. The molecule has 0 rings (SSSR count). The zero-order valence-electron chi connectivity index (χ0n) is 9.78. The van der Waals surface area contributed by atoms with Crippen LogP contribution in [-0.4, -0.2) is 38.4 Å². The molecule has 0 heterocycles. The van der Waals surface area contributed by atoms with Crippen LogP contribution < -0.4 is 10.5 Å². The molecule has 0 bridgehead atoms. The maximum absolute atomic E-state index is 11.5. The Balaban J connectivity index is 0. The van der Waals surface area contributed by atoms with Crippen LogP contribution in [0.4, 0.5) is 0 Å². The molecule has 0 aliphatic rings. The number of rotatable bonds is 6. The minimum Gasteiger partial charge on any atom is -0.324 e. The normalized spacial score (nSPS) is 12.7. The van der Waals surface area contributed by atoms with Gasteiger partial charge in [-0.25, -0.2) is 4.72 Å². The Labute approximate surface area is 99.0 Å². The summed E-state index contributed by atoms with van der Waals surface area (Å²) >= 11 is 0. The second-order valence-corrected chi connectivity index (χ2v) is 6.00. The Kier molecular flexibility index (Phi) is 7.76. The molecule has 0 aromatic heterocycles. The first-order chi connectivity index (χ1) is 6.19. The first-order valence-corrected chi connectivity index (χ1v) is 6.13. The summed E-state index contributed by atoms with van der Waals surface area (Å²) in [6.45, 7) is 6.23. The Morgan fingerprint density at radius 2 is 1.87 bits per heavy atom. The minimum atomic E-state index is -3.35. The first kappa shape index (κ1) is 17.5. The molecule has 0 amide bonds. The highest BCUT2D eigenvalue weighted by molar-refractivity contribution is 7.87. The molecule has 0 atom stereocenters. The van der Waals surface area contributed by atoms with E-state index in [-0.39, 0.29) is 19.0 Å². The van der Waals surface area contributed by atoms with Gasteiger partial charge in [0.15, 0.2) is 0 Å². The van der Waals surface area contributed by atoms with Crippen molar-refractivity contribution in [3.63, 3.8) is 0 Å². The van der Waals surface area contributed by atoms with Crippen molar-refractivity contribution in [3.8, 4) is 0 Å². The topological polar surface area (TPSA) is 75.4 Å². The van der Waals surface area contributed by atoms with Crippen molar-refractivity contribution in [2.75, 3.05) is 20.1 Å². The molecular formula is C8H22ClN3O2S. The summed E-state index contributed by atoms with van der Waals surface area (Å²) in [4.78, 5) is 0. The second-order valence-electron chi connectivity index (χ2n) is 4.14. The lowest BCUT2D eigenvalue weighted by Gasteiger charge is -2.22. The van der Waals surface area contributed by atoms with Gasteiger partial charge < -0.3 is 5.73 Å². The number of nitrogens with one attached hydrogen (secondary N) is 1. The summed E-state index contributed by atoms with van der Waals surface area (Å²) in [6, 6.07) is 0.